The number of rotatable bonds is 4. The maximum atomic E-state index is 5.66. The van der Waals surface area contributed by atoms with Crippen molar-refractivity contribution < 1.29 is 28.5 Å². The lowest BCUT2D eigenvalue weighted by molar-refractivity contribution is 0.0652. The van der Waals surface area contributed by atoms with Crippen molar-refractivity contribution in [3.63, 3.8) is 0 Å². The van der Waals surface area contributed by atoms with Gasteiger partial charge >= 0.3 is 13.5 Å². The van der Waals surface area contributed by atoms with Crippen molar-refractivity contribution in [2.75, 3.05) is 0 Å². The molecule has 0 saturated heterocycles. The zero-order chi connectivity index (χ0) is 23.8. The largest absolute Gasteiger partial charge is 0.612 e. The molecule has 174 valence electrons. The van der Waals surface area contributed by atoms with Crippen LogP contribution in [-0.4, -0.2) is 47.8 Å². The van der Waals surface area contributed by atoms with Gasteiger partial charge in [-0.15, -0.1) is 56.2 Å². The highest BCUT2D eigenvalue weighted by Crippen LogP contribution is 2.22. The van der Waals surface area contributed by atoms with Gasteiger partial charge in [0.15, 0.2) is 0 Å². The van der Waals surface area contributed by atoms with E-state index in [-0.39, 0.29) is 12.6 Å². The van der Waals surface area contributed by atoms with Gasteiger partial charge in [-0.3, -0.25) is 0 Å². The number of nitrogens with zero attached hydrogens (tertiary/aromatic N) is 6. The smallest absolute Gasteiger partial charge is 0.540 e. The van der Waals surface area contributed by atoms with E-state index in [4.69, 9.17) is 28.5 Å². The first kappa shape index (κ1) is 24.7. The van der Waals surface area contributed by atoms with Crippen molar-refractivity contribution in [1.82, 2.24) is 0 Å². The molecule has 0 N–H and O–H groups in total. The van der Waals surface area contributed by atoms with Crippen LogP contribution in [0.3, 0.4) is 0 Å². The van der Waals surface area contributed by atoms with Gasteiger partial charge < -0.3 is 28.5 Å². The van der Waals surface area contributed by atoms with Crippen LogP contribution in [0.1, 0.15) is 41.5 Å². The van der Waals surface area contributed by atoms with Gasteiger partial charge in [-0.05, 0) is 54.2 Å². The van der Waals surface area contributed by atoms with Gasteiger partial charge in [-0.1, -0.05) is 0 Å². The third-order valence-corrected chi connectivity index (χ3v) is 4.58. The number of fused-ring (bicyclic) bond motifs is 9. The van der Waals surface area contributed by atoms with Crippen LogP contribution in [0.15, 0.2) is 56.2 Å². The number of oxime groups is 6. The molecule has 0 amide bonds. The highest BCUT2D eigenvalue weighted by atomic mass is 16.9. The summed E-state index contributed by atoms with van der Waals surface area (Å²) in [5.41, 5.74) is 2.20. The minimum Gasteiger partial charge on any atom is -0.540 e. The van der Waals surface area contributed by atoms with Gasteiger partial charge in [0.1, 0.15) is 0 Å². The fraction of sp³-hybridized carbons (Fsp3) is 0.444. The predicted molar refractivity (Wildman–Crippen MR) is 127 cm³/mol. The van der Waals surface area contributed by atoms with E-state index < -0.39 is 13.5 Å². The number of hydrogen-bond donors (Lipinski definition) is 0. The molecule has 14 heteroatoms. The molecule has 3 aliphatic rings. The van der Waals surface area contributed by atoms with Crippen LogP contribution in [0.4, 0.5) is 0 Å². The van der Waals surface area contributed by atoms with E-state index in [0.29, 0.717) is 34.3 Å². The summed E-state index contributed by atoms with van der Waals surface area (Å²) in [7, 11) is 0. The summed E-state index contributed by atoms with van der Waals surface area (Å²) in [5, 5.41) is 24.5. The normalized spacial score (nSPS) is 36.4. The minimum absolute atomic E-state index is 0.0853. The van der Waals surface area contributed by atoms with Crippen molar-refractivity contribution in [2.45, 2.75) is 54.2 Å². The van der Waals surface area contributed by atoms with E-state index in [0.717, 1.165) is 0 Å². The molecule has 12 nitrogen and oxygen atoms in total. The lowest BCUT2D eigenvalue weighted by atomic mass is 9.75. The van der Waals surface area contributed by atoms with Gasteiger partial charge in [-0.25, -0.2) is 0 Å². The summed E-state index contributed by atoms with van der Waals surface area (Å²) >= 11 is 0. The summed E-state index contributed by atoms with van der Waals surface area (Å²) in [5.74, 6) is 0. The highest BCUT2D eigenvalue weighted by molar-refractivity contribution is 6.62. The molecule has 3 heterocycles. The van der Waals surface area contributed by atoms with Crippen LogP contribution in [0, 0.1) is 0 Å². The van der Waals surface area contributed by atoms with Gasteiger partial charge in [0.05, 0.1) is 34.3 Å². The van der Waals surface area contributed by atoms with Gasteiger partial charge in [0.2, 0.25) is 0 Å². The van der Waals surface area contributed by atoms with E-state index in [1.54, 1.807) is 41.5 Å². The quantitative estimate of drug-likeness (QED) is 0.479. The molecule has 0 atom stereocenters. The Hall–Kier alpha value is -3.57. The Morgan fingerprint density at radius 2 is 0.688 bits per heavy atom. The number of allylic oxidation sites excluding steroid dienone is 2. The zero-order valence-electron chi connectivity index (χ0n) is 19.3. The molecule has 0 aromatic carbocycles. The first-order chi connectivity index (χ1) is 15.2. The maximum absolute atomic E-state index is 5.66. The van der Waals surface area contributed by atoms with Crippen LogP contribution >= 0.6 is 0 Å². The minimum atomic E-state index is -2.66. The van der Waals surface area contributed by atoms with Crippen LogP contribution in [-0.2, 0) is 28.5 Å². The van der Waals surface area contributed by atoms with Crippen molar-refractivity contribution in [1.29, 1.82) is 0 Å². The maximum Gasteiger partial charge on any atom is 0.612 e. The molecule has 0 aromatic rings. The monoisotopic (exact) mass is 446 g/mol. The molecule has 2 bridgehead atoms. The fourth-order valence-corrected chi connectivity index (χ4v) is 2.13. The molecule has 0 aliphatic carbocycles. The Labute approximate surface area is 187 Å². The summed E-state index contributed by atoms with van der Waals surface area (Å²) in [6, 6.07) is 0. The predicted octanol–water partition coefficient (Wildman–Crippen LogP) is 3.62. The van der Waals surface area contributed by atoms with Crippen LogP contribution in [0.5, 0.6) is 0 Å². The van der Waals surface area contributed by atoms with E-state index in [1.165, 1.54) is 12.2 Å². The molecule has 32 heavy (non-hydrogen) atoms. The van der Waals surface area contributed by atoms with E-state index in [9.17, 15) is 0 Å². The molecule has 3 aliphatic heterocycles. The Morgan fingerprint density at radius 3 is 0.844 bits per heavy atom. The Bertz CT molecular complexity index is 752. The first-order valence-electron chi connectivity index (χ1n) is 10.1. The van der Waals surface area contributed by atoms with Crippen molar-refractivity contribution in [3.05, 3.63) is 25.3 Å². The Balaban J connectivity index is 2.78. The van der Waals surface area contributed by atoms with Crippen molar-refractivity contribution in [2.24, 2.45) is 30.9 Å². The molecule has 3 rings (SSSR count). The van der Waals surface area contributed by atoms with Gasteiger partial charge in [-0.2, -0.15) is 0 Å². The van der Waals surface area contributed by atoms with Crippen molar-refractivity contribution >= 4 is 47.8 Å². The molecular weight excluding hydrogens is 418 g/mol. The molecule has 0 aromatic heterocycles. The van der Waals surface area contributed by atoms with Gasteiger partial charge in [0, 0.05) is 0 Å². The zero-order valence-corrected chi connectivity index (χ0v) is 19.3. The molecule has 0 spiro atoms. The fourth-order valence-electron chi connectivity index (χ4n) is 2.13. The van der Waals surface area contributed by atoms with Crippen LogP contribution < -0.4 is 0 Å². The van der Waals surface area contributed by atoms with E-state index in [2.05, 4.69) is 44.1 Å². The van der Waals surface area contributed by atoms with Crippen LogP contribution in [0.2, 0.25) is 12.6 Å². The van der Waals surface area contributed by atoms with E-state index >= 15 is 0 Å². The third-order valence-electron chi connectivity index (χ3n) is 4.58. The summed E-state index contributed by atoms with van der Waals surface area (Å²) in [6.45, 7) is 12.1. The van der Waals surface area contributed by atoms with Crippen molar-refractivity contribution in [3.8, 4) is 0 Å². The summed E-state index contributed by atoms with van der Waals surface area (Å²) in [6.07, 6.45) is 3.25. The highest BCUT2D eigenvalue weighted by Gasteiger charge is 2.39. The Morgan fingerprint density at radius 1 is 0.500 bits per heavy atom. The number of hydrogen-bond acceptors (Lipinski definition) is 12. The molecule has 0 unspecified atom stereocenters. The van der Waals surface area contributed by atoms with Crippen LogP contribution in [0.25, 0.3) is 0 Å². The molecule has 0 radical (unpaired) electrons. The molecule has 0 fully saturated rings. The molecule has 0 saturated carbocycles. The molecular formula is C18H28B2N6O6-2. The van der Waals surface area contributed by atoms with E-state index in [1.807, 2.05) is 0 Å². The Kier molecular flexibility index (Phi) is 8.21. The lowest BCUT2D eigenvalue weighted by Gasteiger charge is -2.35. The summed E-state index contributed by atoms with van der Waals surface area (Å²) in [4.78, 5) is 0. The standard InChI is InChI=1S/C18H28B2N6O6/c1-9-11-19-27-21-13(3)16(6)24-30-20(12-10-2,31-25-17(7)14(4)22-28-19)32-26-18(8)15(5)23-29-19/h9-10H,1-2,11-12H2,3-8H3/q-2/b21-13+,22-14+,23-15+,24-16+,25-17+,26-18+. The SMILES string of the molecule is C=CC[B-]12O/N=C(C)/C(C)=N/O[B-](CC=C)(O/N=C(C)/C(C)=N/O1)O/N=C(C)/C(C)=N/O2. The van der Waals surface area contributed by atoms with Gasteiger partial charge in [0.25, 0.3) is 0 Å². The summed E-state index contributed by atoms with van der Waals surface area (Å²) < 4.78 is 34.0. The second kappa shape index (κ2) is 10.6. The second-order valence-electron chi connectivity index (χ2n) is 7.32. The first-order valence-corrected chi connectivity index (χ1v) is 10.1. The lowest BCUT2D eigenvalue weighted by Crippen LogP contribution is -2.44. The average Bonchev–Trinajstić information content (AvgIpc) is 2.78. The third kappa shape index (κ3) is 6.22. The second-order valence-corrected chi connectivity index (χ2v) is 7.32. The average molecular weight is 446 g/mol. The topological polar surface area (TPSA) is 130 Å².